The zero-order chi connectivity index (χ0) is 12.7. The lowest BCUT2D eigenvalue weighted by molar-refractivity contribution is -0.120. The van der Waals surface area contributed by atoms with Gasteiger partial charge in [-0.25, -0.2) is 0 Å². The number of aromatic nitrogens is 1. The van der Waals surface area contributed by atoms with Crippen molar-refractivity contribution in [3.05, 3.63) is 41.6 Å². The lowest BCUT2D eigenvalue weighted by Gasteiger charge is -2.09. The van der Waals surface area contributed by atoms with Gasteiger partial charge >= 0.3 is 0 Å². The maximum Gasteiger partial charge on any atom is 0.253 e. The molecule has 1 fully saturated rings. The van der Waals surface area contributed by atoms with Crippen molar-refractivity contribution in [2.24, 2.45) is 0 Å². The highest BCUT2D eigenvalue weighted by Crippen LogP contribution is 2.21. The molecule has 5 heteroatoms. The molecule has 1 atom stereocenters. The molecule has 0 saturated carbocycles. The second-order valence-electron chi connectivity index (χ2n) is 4.30. The topological polar surface area (TPSA) is 54.0 Å². The SMILES string of the molecule is Cc1ccc2cc(C3NC(=S)NC3=O)ccc2n1. The van der Waals surface area contributed by atoms with E-state index in [0.717, 1.165) is 22.2 Å². The van der Waals surface area contributed by atoms with Crippen LogP contribution < -0.4 is 10.6 Å². The number of amides is 1. The fourth-order valence-corrected chi connectivity index (χ4v) is 2.30. The molecule has 1 saturated heterocycles. The Kier molecular flexibility index (Phi) is 2.48. The van der Waals surface area contributed by atoms with Crippen molar-refractivity contribution in [1.29, 1.82) is 0 Å². The maximum absolute atomic E-state index is 11.7. The van der Waals surface area contributed by atoms with E-state index in [2.05, 4.69) is 15.6 Å². The summed E-state index contributed by atoms with van der Waals surface area (Å²) in [4.78, 5) is 16.1. The lowest BCUT2D eigenvalue weighted by Crippen LogP contribution is -2.21. The Hall–Kier alpha value is -2.01. The number of pyridine rings is 1. The van der Waals surface area contributed by atoms with Gasteiger partial charge in [-0.3, -0.25) is 9.78 Å². The molecule has 1 unspecified atom stereocenters. The van der Waals surface area contributed by atoms with Gasteiger partial charge in [-0.05, 0) is 42.9 Å². The molecule has 0 radical (unpaired) electrons. The standard InChI is InChI=1S/C13H11N3OS/c1-7-2-3-8-6-9(4-5-10(8)14-7)11-12(17)16-13(18)15-11/h2-6,11H,1H3,(H2,15,16,17,18). The first-order valence-corrected chi connectivity index (χ1v) is 6.03. The van der Waals surface area contributed by atoms with Crippen LogP contribution in [-0.4, -0.2) is 16.0 Å². The number of rotatable bonds is 1. The van der Waals surface area contributed by atoms with E-state index in [4.69, 9.17) is 12.2 Å². The molecule has 0 aliphatic carbocycles. The molecule has 3 rings (SSSR count). The Morgan fingerprint density at radius 3 is 2.83 bits per heavy atom. The Balaban J connectivity index is 2.06. The molecule has 0 bridgehead atoms. The molecule has 1 aromatic heterocycles. The first kappa shape index (κ1) is 11.1. The summed E-state index contributed by atoms with van der Waals surface area (Å²) in [5.41, 5.74) is 2.80. The summed E-state index contributed by atoms with van der Waals surface area (Å²) in [5.74, 6) is -0.112. The van der Waals surface area contributed by atoms with Crippen LogP contribution in [0, 0.1) is 6.92 Å². The molecule has 2 aromatic rings. The number of carbonyl (C=O) groups is 1. The van der Waals surface area contributed by atoms with Crippen molar-refractivity contribution >= 4 is 34.1 Å². The van der Waals surface area contributed by atoms with Crippen LogP contribution in [-0.2, 0) is 4.79 Å². The molecule has 90 valence electrons. The third-order valence-electron chi connectivity index (χ3n) is 2.96. The minimum absolute atomic E-state index is 0.112. The van der Waals surface area contributed by atoms with E-state index in [1.54, 1.807) is 0 Å². The average Bonchev–Trinajstić information content (AvgIpc) is 2.68. The Morgan fingerprint density at radius 1 is 1.28 bits per heavy atom. The van der Waals surface area contributed by atoms with Gasteiger partial charge in [0.1, 0.15) is 6.04 Å². The quantitative estimate of drug-likeness (QED) is 0.762. The number of carbonyl (C=O) groups excluding carboxylic acids is 1. The summed E-state index contributed by atoms with van der Waals surface area (Å²) in [6.45, 7) is 1.96. The van der Waals surface area contributed by atoms with Gasteiger partial charge < -0.3 is 10.6 Å². The third kappa shape index (κ3) is 1.82. The molecule has 2 heterocycles. The fourth-order valence-electron chi connectivity index (χ4n) is 2.08. The zero-order valence-corrected chi connectivity index (χ0v) is 10.5. The summed E-state index contributed by atoms with van der Waals surface area (Å²) in [7, 11) is 0. The molecule has 1 amide bonds. The number of thiocarbonyl (C=S) groups is 1. The van der Waals surface area contributed by atoms with Gasteiger partial charge in [-0.15, -0.1) is 0 Å². The van der Waals surface area contributed by atoms with Gasteiger partial charge in [0.2, 0.25) is 0 Å². The van der Waals surface area contributed by atoms with E-state index >= 15 is 0 Å². The molecule has 18 heavy (non-hydrogen) atoms. The summed E-state index contributed by atoms with van der Waals surface area (Å²) >= 11 is 4.93. The van der Waals surface area contributed by atoms with Crippen molar-refractivity contribution in [2.45, 2.75) is 13.0 Å². The largest absolute Gasteiger partial charge is 0.347 e. The minimum Gasteiger partial charge on any atom is -0.347 e. The van der Waals surface area contributed by atoms with Gasteiger partial charge in [0, 0.05) is 11.1 Å². The highest BCUT2D eigenvalue weighted by molar-refractivity contribution is 7.80. The smallest absolute Gasteiger partial charge is 0.253 e. The Morgan fingerprint density at radius 2 is 2.11 bits per heavy atom. The van der Waals surface area contributed by atoms with E-state index in [9.17, 15) is 4.79 Å². The van der Waals surface area contributed by atoms with Crippen LogP contribution >= 0.6 is 12.2 Å². The Bertz CT molecular complexity index is 668. The number of hydrogen-bond acceptors (Lipinski definition) is 3. The molecule has 1 aliphatic heterocycles. The van der Waals surface area contributed by atoms with Crippen LogP contribution in [0.2, 0.25) is 0 Å². The fraction of sp³-hybridized carbons (Fsp3) is 0.154. The predicted molar refractivity (Wildman–Crippen MR) is 73.1 cm³/mol. The van der Waals surface area contributed by atoms with Crippen LogP contribution in [0.3, 0.4) is 0 Å². The van der Waals surface area contributed by atoms with E-state index in [1.165, 1.54) is 0 Å². The highest BCUT2D eigenvalue weighted by Gasteiger charge is 2.28. The van der Waals surface area contributed by atoms with Crippen LogP contribution in [0.25, 0.3) is 10.9 Å². The summed E-state index contributed by atoms with van der Waals surface area (Å²) in [5, 5.41) is 6.94. The molecular formula is C13H11N3OS. The highest BCUT2D eigenvalue weighted by atomic mass is 32.1. The van der Waals surface area contributed by atoms with Crippen molar-refractivity contribution in [3.63, 3.8) is 0 Å². The molecular weight excluding hydrogens is 246 g/mol. The van der Waals surface area contributed by atoms with Gasteiger partial charge in [-0.1, -0.05) is 12.1 Å². The molecule has 1 aliphatic rings. The van der Waals surface area contributed by atoms with Gasteiger partial charge in [0.25, 0.3) is 5.91 Å². The lowest BCUT2D eigenvalue weighted by atomic mass is 10.0. The van der Waals surface area contributed by atoms with Crippen molar-refractivity contribution < 1.29 is 4.79 Å². The summed E-state index contributed by atoms with van der Waals surface area (Å²) < 4.78 is 0. The van der Waals surface area contributed by atoms with Gasteiger partial charge in [0.05, 0.1) is 5.52 Å². The van der Waals surface area contributed by atoms with Crippen LogP contribution in [0.4, 0.5) is 0 Å². The minimum atomic E-state index is -0.400. The second kappa shape index (κ2) is 4.03. The third-order valence-corrected chi connectivity index (χ3v) is 3.18. The van der Waals surface area contributed by atoms with E-state index in [-0.39, 0.29) is 5.91 Å². The maximum atomic E-state index is 11.7. The van der Waals surface area contributed by atoms with Crippen molar-refractivity contribution in [1.82, 2.24) is 15.6 Å². The number of hydrogen-bond donors (Lipinski definition) is 2. The van der Waals surface area contributed by atoms with Crippen LogP contribution in [0.15, 0.2) is 30.3 Å². The number of benzene rings is 1. The van der Waals surface area contributed by atoms with Crippen LogP contribution in [0.1, 0.15) is 17.3 Å². The van der Waals surface area contributed by atoms with Crippen LogP contribution in [0.5, 0.6) is 0 Å². The predicted octanol–water partition coefficient (Wildman–Crippen LogP) is 1.59. The normalized spacial score (nSPS) is 18.8. The number of nitrogens with zero attached hydrogens (tertiary/aromatic N) is 1. The summed E-state index contributed by atoms with van der Waals surface area (Å²) in [6, 6.07) is 9.36. The molecule has 0 spiro atoms. The first-order chi connectivity index (χ1) is 8.63. The second-order valence-corrected chi connectivity index (χ2v) is 4.71. The Labute approximate surface area is 109 Å². The van der Waals surface area contributed by atoms with E-state index in [0.29, 0.717) is 5.11 Å². The zero-order valence-electron chi connectivity index (χ0n) is 9.73. The molecule has 1 aromatic carbocycles. The monoisotopic (exact) mass is 257 g/mol. The molecule has 2 N–H and O–H groups in total. The number of fused-ring (bicyclic) bond motifs is 1. The average molecular weight is 257 g/mol. The summed E-state index contributed by atoms with van der Waals surface area (Å²) in [6.07, 6.45) is 0. The van der Waals surface area contributed by atoms with Crippen molar-refractivity contribution in [3.8, 4) is 0 Å². The van der Waals surface area contributed by atoms with Gasteiger partial charge in [-0.2, -0.15) is 0 Å². The van der Waals surface area contributed by atoms with E-state index < -0.39 is 6.04 Å². The van der Waals surface area contributed by atoms with E-state index in [1.807, 2.05) is 37.3 Å². The number of nitrogens with one attached hydrogen (secondary N) is 2. The number of aryl methyl sites for hydroxylation is 1. The first-order valence-electron chi connectivity index (χ1n) is 5.62. The van der Waals surface area contributed by atoms with Crippen molar-refractivity contribution in [2.75, 3.05) is 0 Å². The molecule has 4 nitrogen and oxygen atoms in total. The van der Waals surface area contributed by atoms with Gasteiger partial charge in [0.15, 0.2) is 5.11 Å².